The zero-order valence-corrected chi connectivity index (χ0v) is 19.8. The molecule has 1 amide bonds. The van der Waals surface area contributed by atoms with Gasteiger partial charge in [0.2, 0.25) is 6.79 Å². The maximum Gasteiger partial charge on any atom is 0.253 e. The van der Waals surface area contributed by atoms with Crippen LogP contribution < -0.4 is 14.2 Å². The van der Waals surface area contributed by atoms with E-state index in [4.69, 9.17) is 14.2 Å². The molecule has 176 valence electrons. The summed E-state index contributed by atoms with van der Waals surface area (Å²) in [5.74, 6) is 2.58. The van der Waals surface area contributed by atoms with E-state index in [-0.39, 0.29) is 5.91 Å². The van der Waals surface area contributed by atoms with Gasteiger partial charge in [-0.1, -0.05) is 30.3 Å². The second-order valence-electron chi connectivity index (χ2n) is 9.01. The lowest BCUT2D eigenvalue weighted by molar-refractivity contribution is 0.0628. The Labute approximate surface area is 200 Å². The molecule has 6 nitrogen and oxygen atoms in total. The number of piperazine rings is 1. The summed E-state index contributed by atoms with van der Waals surface area (Å²) in [6.45, 7) is 8.78. The molecule has 1 fully saturated rings. The van der Waals surface area contributed by atoms with Crippen molar-refractivity contribution >= 4 is 5.91 Å². The molecule has 0 radical (unpaired) electrons. The van der Waals surface area contributed by atoms with Crippen LogP contribution in [0.1, 0.15) is 32.6 Å². The number of nitrogens with zero attached hydrogens (tertiary/aromatic N) is 2. The van der Waals surface area contributed by atoms with E-state index in [0.29, 0.717) is 32.1 Å². The molecule has 0 bridgehead atoms. The van der Waals surface area contributed by atoms with Gasteiger partial charge in [0.15, 0.2) is 11.5 Å². The highest BCUT2D eigenvalue weighted by Crippen LogP contribution is 2.33. The summed E-state index contributed by atoms with van der Waals surface area (Å²) in [6.07, 6.45) is 0. The standard InChI is InChI=1S/C28H30N2O4/c1-20-6-7-21(2)26(14-20)32-18-23-4-3-5-24(15-23)28(31)30-12-10-29(11-13-30)17-22-8-9-25-27(16-22)34-19-33-25/h3-9,14-16H,10-13,17-19H2,1-2H3. The normalized spacial score (nSPS) is 15.4. The molecule has 5 rings (SSSR count). The zero-order valence-electron chi connectivity index (χ0n) is 19.8. The second-order valence-corrected chi connectivity index (χ2v) is 9.01. The molecule has 0 unspecified atom stereocenters. The Morgan fingerprint density at radius 2 is 1.71 bits per heavy atom. The van der Waals surface area contributed by atoms with Gasteiger partial charge in [0.25, 0.3) is 5.91 Å². The molecular formula is C28H30N2O4. The molecule has 0 aliphatic carbocycles. The molecule has 2 aliphatic heterocycles. The SMILES string of the molecule is Cc1ccc(C)c(OCc2cccc(C(=O)N3CCN(Cc4ccc5c(c4)OCO5)CC3)c2)c1. The molecule has 2 heterocycles. The Hall–Kier alpha value is -3.51. The minimum atomic E-state index is 0.0799. The van der Waals surface area contributed by atoms with Crippen LogP contribution in [0.3, 0.4) is 0 Å². The van der Waals surface area contributed by atoms with Gasteiger partial charge < -0.3 is 19.1 Å². The first-order chi connectivity index (χ1) is 16.5. The van der Waals surface area contributed by atoms with E-state index in [1.807, 2.05) is 54.3 Å². The van der Waals surface area contributed by atoms with Crippen LogP contribution in [-0.2, 0) is 13.2 Å². The number of aryl methyl sites for hydroxylation is 2. The van der Waals surface area contributed by atoms with Crippen LogP contribution in [0.2, 0.25) is 0 Å². The minimum Gasteiger partial charge on any atom is -0.489 e. The molecule has 6 heteroatoms. The average Bonchev–Trinajstić information content (AvgIpc) is 3.33. The number of hydrogen-bond donors (Lipinski definition) is 0. The number of amides is 1. The van der Waals surface area contributed by atoms with Crippen LogP contribution in [-0.4, -0.2) is 48.7 Å². The van der Waals surface area contributed by atoms with Crippen LogP contribution in [0.15, 0.2) is 60.7 Å². The number of benzene rings is 3. The second kappa shape index (κ2) is 9.77. The number of carbonyl (C=O) groups is 1. The molecule has 0 atom stereocenters. The molecular weight excluding hydrogens is 428 g/mol. The molecule has 0 aromatic heterocycles. The fourth-order valence-electron chi connectivity index (χ4n) is 4.41. The molecule has 3 aromatic carbocycles. The van der Waals surface area contributed by atoms with E-state index in [2.05, 4.69) is 30.0 Å². The molecule has 3 aromatic rings. The van der Waals surface area contributed by atoms with Crippen molar-refractivity contribution in [1.29, 1.82) is 0 Å². The highest BCUT2D eigenvalue weighted by atomic mass is 16.7. The molecule has 1 saturated heterocycles. The van der Waals surface area contributed by atoms with Gasteiger partial charge in [-0.05, 0) is 66.4 Å². The third-order valence-corrected chi connectivity index (χ3v) is 6.41. The van der Waals surface area contributed by atoms with Crippen LogP contribution in [0, 0.1) is 13.8 Å². The monoisotopic (exact) mass is 458 g/mol. The highest BCUT2D eigenvalue weighted by Gasteiger charge is 2.23. The summed E-state index contributed by atoms with van der Waals surface area (Å²) in [7, 11) is 0. The maximum atomic E-state index is 13.2. The van der Waals surface area contributed by atoms with Crippen molar-refractivity contribution in [2.45, 2.75) is 27.0 Å². The van der Waals surface area contributed by atoms with Crippen molar-refractivity contribution in [3.8, 4) is 17.2 Å². The Kier molecular flexibility index (Phi) is 6.41. The summed E-state index contributed by atoms with van der Waals surface area (Å²) in [4.78, 5) is 17.5. The van der Waals surface area contributed by atoms with Gasteiger partial charge in [-0.3, -0.25) is 9.69 Å². The number of rotatable bonds is 6. The summed E-state index contributed by atoms with van der Waals surface area (Å²) >= 11 is 0. The largest absolute Gasteiger partial charge is 0.489 e. The first kappa shape index (κ1) is 22.3. The topological polar surface area (TPSA) is 51.2 Å². The Balaban J connectivity index is 1.16. The molecule has 0 spiro atoms. The zero-order chi connectivity index (χ0) is 23.5. The van der Waals surface area contributed by atoms with E-state index in [0.717, 1.165) is 48.0 Å². The van der Waals surface area contributed by atoms with E-state index in [9.17, 15) is 4.79 Å². The van der Waals surface area contributed by atoms with Crippen molar-refractivity contribution in [3.05, 3.63) is 88.5 Å². The van der Waals surface area contributed by atoms with Crippen LogP contribution in [0.5, 0.6) is 17.2 Å². The summed E-state index contributed by atoms with van der Waals surface area (Å²) in [6, 6.07) is 20.1. The fraction of sp³-hybridized carbons (Fsp3) is 0.321. The lowest BCUT2D eigenvalue weighted by Gasteiger charge is -2.34. The van der Waals surface area contributed by atoms with Gasteiger partial charge in [0.1, 0.15) is 12.4 Å². The Bertz CT molecular complexity index is 1180. The van der Waals surface area contributed by atoms with Crippen LogP contribution >= 0.6 is 0 Å². The van der Waals surface area contributed by atoms with Crippen molar-refractivity contribution in [1.82, 2.24) is 9.80 Å². The smallest absolute Gasteiger partial charge is 0.253 e. The van der Waals surface area contributed by atoms with E-state index in [1.54, 1.807) is 0 Å². The molecule has 34 heavy (non-hydrogen) atoms. The quantitative estimate of drug-likeness (QED) is 0.542. The number of ether oxygens (including phenoxy) is 3. The first-order valence-electron chi connectivity index (χ1n) is 11.7. The first-order valence-corrected chi connectivity index (χ1v) is 11.7. The van der Waals surface area contributed by atoms with Crippen molar-refractivity contribution in [2.24, 2.45) is 0 Å². The number of fused-ring (bicyclic) bond motifs is 1. The summed E-state index contributed by atoms with van der Waals surface area (Å²) < 4.78 is 16.9. The van der Waals surface area contributed by atoms with Crippen molar-refractivity contribution < 1.29 is 19.0 Å². The highest BCUT2D eigenvalue weighted by molar-refractivity contribution is 5.94. The van der Waals surface area contributed by atoms with E-state index in [1.165, 1.54) is 11.1 Å². The van der Waals surface area contributed by atoms with Gasteiger partial charge >= 0.3 is 0 Å². The molecule has 2 aliphatic rings. The van der Waals surface area contributed by atoms with Gasteiger partial charge in [0, 0.05) is 38.3 Å². The third-order valence-electron chi connectivity index (χ3n) is 6.41. The predicted molar refractivity (Wildman–Crippen MR) is 130 cm³/mol. The van der Waals surface area contributed by atoms with Gasteiger partial charge in [-0.25, -0.2) is 0 Å². The number of carbonyl (C=O) groups excluding carboxylic acids is 1. The predicted octanol–water partition coefficient (Wildman–Crippen LogP) is 4.57. The van der Waals surface area contributed by atoms with E-state index >= 15 is 0 Å². The minimum absolute atomic E-state index is 0.0799. The Morgan fingerprint density at radius 3 is 2.56 bits per heavy atom. The van der Waals surface area contributed by atoms with Gasteiger partial charge in [-0.2, -0.15) is 0 Å². The Morgan fingerprint density at radius 1 is 0.882 bits per heavy atom. The lowest BCUT2D eigenvalue weighted by atomic mass is 10.1. The molecule has 0 N–H and O–H groups in total. The lowest BCUT2D eigenvalue weighted by Crippen LogP contribution is -2.48. The number of hydrogen-bond acceptors (Lipinski definition) is 5. The van der Waals surface area contributed by atoms with Gasteiger partial charge in [-0.15, -0.1) is 0 Å². The maximum absolute atomic E-state index is 13.2. The van der Waals surface area contributed by atoms with Gasteiger partial charge in [0.05, 0.1) is 0 Å². The molecule has 0 saturated carbocycles. The van der Waals surface area contributed by atoms with Crippen LogP contribution in [0.4, 0.5) is 0 Å². The summed E-state index contributed by atoms with van der Waals surface area (Å²) in [5, 5.41) is 0. The average molecular weight is 459 g/mol. The third kappa shape index (κ3) is 5.02. The fourth-order valence-corrected chi connectivity index (χ4v) is 4.41. The summed E-state index contributed by atoms with van der Waals surface area (Å²) in [5.41, 5.74) is 5.18. The van der Waals surface area contributed by atoms with Crippen molar-refractivity contribution in [2.75, 3.05) is 33.0 Å². The van der Waals surface area contributed by atoms with E-state index < -0.39 is 0 Å². The van der Waals surface area contributed by atoms with Crippen molar-refractivity contribution in [3.63, 3.8) is 0 Å². The van der Waals surface area contributed by atoms with Crippen LogP contribution in [0.25, 0.3) is 0 Å².